The van der Waals surface area contributed by atoms with Gasteiger partial charge in [-0.1, -0.05) is 13.3 Å². The second kappa shape index (κ2) is 9.23. The van der Waals surface area contributed by atoms with Crippen molar-refractivity contribution in [3.8, 4) is 5.88 Å². The molecule has 4 rings (SSSR count). The van der Waals surface area contributed by atoms with Crippen LogP contribution >= 0.6 is 0 Å². The normalized spacial score (nSPS) is 14.1. The van der Waals surface area contributed by atoms with Gasteiger partial charge >= 0.3 is 0 Å². The molecule has 0 amide bonds. The molecule has 160 valence electrons. The van der Waals surface area contributed by atoms with E-state index in [2.05, 4.69) is 32.3 Å². The van der Waals surface area contributed by atoms with E-state index in [4.69, 9.17) is 19.9 Å². The van der Waals surface area contributed by atoms with Crippen LogP contribution in [0.15, 0.2) is 18.5 Å². The van der Waals surface area contributed by atoms with Crippen molar-refractivity contribution in [2.24, 2.45) is 0 Å². The second-order valence-electron chi connectivity index (χ2n) is 7.23. The molecule has 0 atom stereocenters. The fraction of sp³-hybridized carbons (Fsp3) is 0.500. The highest BCUT2D eigenvalue weighted by Gasteiger charge is 2.19. The van der Waals surface area contributed by atoms with Gasteiger partial charge in [0.2, 0.25) is 11.8 Å². The molecule has 0 unspecified atom stereocenters. The third-order valence-electron chi connectivity index (χ3n) is 4.92. The number of hydrogen-bond acceptors (Lipinski definition) is 9. The van der Waals surface area contributed by atoms with Gasteiger partial charge in [-0.05, 0) is 18.1 Å². The summed E-state index contributed by atoms with van der Waals surface area (Å²) >= 11 is 0. The molecule has 3 aromatic heterocycles. The molecule has 1 saturated heterocycles. The molecule has 0 aliphatic carbocycles. The average molecular weight is 413 g/mol. The van der Waals surface area contributed by atoms with E-state index in [-0.39, 0.29) is 12.1 Å². The lowest BCUT2D eigenvalue weighted by atomic mass is 10.2. The van der Waals surface area contributed by atoms with E-state index in [0.717, 1.165) is 36.0 Å². The van der Waals surface area contributed by atoms with Crippen LogP contribution in [0.25, 0.3) is 11.0 Å². The number of fused-ring (bicyclic) bond motifs is 1. The fourth-order valence-corrected chi connectivity index (χ4v) is 3.25. The molecule has 10 heteroatoms. The van der Waals surface area contributed by atoms with Crippen LogP contribution < -0.4 is 15.8 Å². The molecule has 0 radical (unpaired) electrons. The number of anilines is 2. The Morgan fingerprint density at radius 2 is 2.17 bits per heavy atom. The molecule has 1 aliphatic rings. The van der Waals surface area contributed by atoms with Crippen molar-refractivity contribution in [3.05, 3.63) is 29.6 Å². The van der Waals surface area contributed by atoms with Crippen molar-refractivity contribution in [3.63, 3.8) is 0 Å². The second-order valence-corrected chi connectivity index (χ2v) is 7.23. The molecule has 0 saturated carbocycles. The summed E-state index contributed by atoms with van der Waals surface area (Å²) in [5, 5.41) is 7.87. The monoisotopic (exact) mass is 413 g/mol. The molecule has 0 spiro atoms. The van der Waals surface area contributed by atoms with Crippen molar-refractivity contribution in [2.75, 3.05) is 37.9 Å². The third-order valence-corrected chi connectivity index (χ3v) is 4.92. The van der Waals surface area contributed by atoms with Crippen LogP contribution in [-0.4, -0.2) is 57.7 Å². The number of unbranched alkanes of at least 4 members (excludes halogenated alkanes) is 1. The minimum atomic E-state index is 0.157. The number of pyridine rings is 1. The molecule has 1 fully saturated rings. The maximum atomic E-state index is 5.88. The molecule has 30 heavy (non-hydrogen) atoms. The molecular formula is C20H27N7O3. The highest BCUT2D eigenvalue weighted by molar-refractivity contribution is 5.86. The molecule has 0 bridgehead atoms. The molecule has 0 aromatic carbocycles. The maximum absolute atomic E-state index is 5.88. The molecule has 3 N–H and O–H groups in total. The number of nitrogen functional groups attached to an aromatic ring is 1. The van der Waals surface area contributed by atoms with Crippen molar-refractivity contribution < 1.29 is 14.2 Å². The summed E-state index contributed by atoms with van der Waals surface area (Å²) in [6.07, 6.45) is 5.74. The van der Waals surface area contributed by atoms with E-state index in [1.165, 1.54) is 0 Å². The van der Waals surface area contributed by atoms with Gasteiger partial charge < -0.3 is 25.3 Å². The highest BCUT2D eigenvalue weighted by Crippen LogP contribution is 2.25. The molecule has 10 nitrogen and oxygen atoms in total. The first-order valence-electron chi connectivity index (χ1n) is 10.1. The zero-order chi connectivity index (χ0) is 20.9. The Kier molecular flexibility index (Phi) is 6.24. The SMILES string of the molecule is CCCCNc1nc(N)nc2cnn(Cc3cc(COC4COC4)cnc3OC)c12. The number of aromatic nitrogens is 5. The summed E-state index contributed by atoms with van der Waals surface area (Å²) in [6, 6.07) is 2.03. The first-order valence-corrected chi connectivity index (χ1v) is 10.1. The van der Waals surface area contributed by atoms with Gasteiger partial charge in [-0.25, -0.2) is 9.97 Å². The zero-order valence-electron chi connectivity index (χ0n) is 17.3. The number of rotatable bonds is 10. The molecule has 3 aromatic rings. The maximum Gasteiger partial charge on any atom is 0.222 e. The molecular weight excluding hydrogens is 386 g/mol. The first kappa shape index (κ1) is 20.3. The van der Waals surface area contributed by atoms with Gasteiger partial charge in [-0.2, -0.15) is 10.1 Å². The van der Waals surface area contributed by atoms with Gasteiger partial charge in [0.05, 0.1) is 39.7 Å². The summed E-state index contributed by atoms with van der Waals surface area (Å²) < 4.78 is 18.3. The van der Waals surface area contributed by atoms with Crippen molar-refractivity contribution in [1.82, 2.24) is 24.7 Å². The predicted molar refractivity (Wildman–Crippen MR) is 112 cm³/mol. The zero-order valence-corrected chi connectivity index (χ0v) is 17.3. The Hall–Kier alpha value is -2.98. The van der Waals surface area contributed by atoms with E-state index in [1.54, 1.807) is 19.5 Å². The van der Waals surface area contributed by atoms with Crippen LogP contribution in [-0.2, 0) is 22.6 Å². The number of nitrogens with zero attached hydrogens (tertiary/aromatic N) is 5. The quantitative estimate of drug-likeness (QED) is 0.480. The summed E-state index contributed by atoms with van der Waals surface area (Å²) in [6.45, 7) is 5.16. The van der Waals surface area contributed by atoms with Gasteiger partial charge in [-0.3, -0.25) is 4.68 Å². The number of ether oxygens (including phenoxy) is 3. The number of nitrogens with two attached hydrogens (primary N) is 1. The van der Waals surface area contributed by atoms with Crippen LogP contribution in [0.2, 0.25) is 0 Å². The first-order chi connectivity index (χ1) is 14.7. The average Bonchev–Trinajstić information content (AvgIpc) is 3.09. The van der Waals surface area contributed by atoms with Crippen LogP contribution in [0.1, 0.15) is 30.9 Å². The lowest BCUT2D eigenvalue weighted by Gasteiger charge is -2.26. The van der Waals surface area contributed by atoms with E-state index >= 15 is 0 Å². The van der Waals surface area contributed by atoms with E-state index in [0.29, 0.717) is 43.6 Å². The number of methoxy groups -OCH3 is 1. The van der Waals surface area contributed by atoms with E-state index in [9.17, 15) is 0 Å². The van der Waals surface area contributed by atoms with Gasteiger partial charge in [-0.15, -0.1) is 0 Å². The smallest absolute Gasteiger partial charge is 0.222 e. The van der Waals surface area contributed by atoms with Crippen molar-refractivity contribution >= 4 is 22.8 Å². The molecule has 1 aliphatic heterocycles. The predicted octanol–water partition coefficient (Wildman–Crippen LogP) is 1.99. The van der Waals surface area contributed by atoms with E-state index in [1.807, 2.05) is 10.7 Å². The van der Waals surface area contributed by atoms with Gasteiger partial charge in [0.25, 0.3) is 0 Å². The van der Waals surface area contributed by atoms with Crippen LogP contribution in [0.5, 0.6) is 5.88 Å². The van der Waals surface area contributed by atoms with Gasteiger partial charge in [0.15, 0.2) is 5.82 Å². The Morgan fingerprint density at radius 3 is 2.90 bits per heavy atom. The van der Waals surface area contributed by atoms with E-state index < -0.39 is 0 Å². The Balaban J connectivity index is 1.60. The third kappa shape index (κ3) is 4.44. The van der Waals surface area contributed by atoms with Crippen LogP contribution in [0, 0.1) is 0 Å². The number of nitrogens with one attached hydrogen (secondary N) is 1. The summed E-state index contributed by atoms with van der Waals surface area (Å²) in [7, 11) is 1.61. The minimum absolute atomic E-state index is 0.157. The van der Waals surface area contributed by atoms with Crippen molar-refractivity contribution in [2.45, 2.75) is 39.0 Å². The number of hydrogen-bond donors (Lipinski definition) is 2. The standard InChI is InChI=1S/C20H27N7O3/c1-3-4-5-22-18-17-16(25-20(21)26-18)8-24-27(17)9-14-6-13(7-23-19(14)28-2)10-30-15-11-29-12-15/h6-8,15H,3-5,9-12H2,1-2H3,(H3,21,22,25,26). The fourth-order valence-electron chi connectivity index (χ4n) is 3.25. The van der Waals surface area contributed by atoms with Gasteiger partial charge in [0, 0.05) is 18.3 Å². The Labute approximate surface area is 174 Å². The minimum Gasteiger partial charge on any atom is -0.481 e. The molecule has 4 heterocycles. The Bertz CT molecular complexity index is 1000. The summed E-state index contributed by atoms with van der Waals surface area (Å²) in [4.78, 5) is 13.1. The lowest BCUT2D eigenvalue weighted by Crippen LogP contribution is -2.35. The van der Waals surface area contributed by atoms with Crippen LogP contribution in [0.3, 0.4) is 0 Å². The summed E-state index contributed by atoms with van der Waals surface area (Å²) in [5.74, 6) is 1.45. The summed E-state index contributed by atoms with van der Waals surface area (Å²) in [5.41, 5.74) is 9.23. The van der Waals surface area contributed by atoms with Crippen molar-refractivity contribution in [1.29, 1.82) is 0 Å². The topological polar surface area (TPSA) is 122 Å². The Morgan fingerprint density at radius 1 is 1.30 bits per heavy atom. The lowest BCUT2D eigenvalue weighted by molar-refractivity contribution is -0.135. The van der Waals surface area contributed by atoms with Crippen LogP contribution in [0.4, 0.5) is 11.8 Å². The van der Waals surface area contributed by atoms with Gasteiger partial charge in [0.1, 0.15) is 17.1 Å². The largest absolute Gasteiger partial charge is 0.481 e. The highest BCUT2D eigenvalue weighted by atomic mass is 16.6.